The van der Waals surface area contributed by atoms with Crippen LogP contribution in [0.5, 0.6) is 0 Å². The molecule has 0 aromatic rings. The number of hydrogen-bond acceptors (Lipinski definition) is 6. The summed E-state index contributed by atoms with van der Waals surface area (Å²) in [6.07, 6.45) is 80.4. The highest BCUT2D eigenvalue weighted by Crippen LogP contribution is 2.17. The number of unbranched alkanes of at least 4 members (excludes halogenated alkanes) is 42. The molecule has 6 heteroatoms. The Kier molecular flexibility index (Phi) is 61.7. The Labute approximate surface area is 467 Å². The average molecular weight is 1050 g/mol. The summed E-state index contributed by atoms with van der Waals surface area (Å²) < 4.78 is 16.8. The smallest absolute Gasteiger partial charge is 0.306 e. The maximum Gasteiger partial charge on any atom is 0.306 e. The fraction of sp³-hybridized carbons (Fsp3) is 0.841. The van der Waals surface area contributed by atoms with Crippen molar-refractivity contribution in [1.82, 2.24) is 0 Å². The molecule has 438 valence electrons. The fourth-order valence-corrected chi connectivity index (χ4v) is 9.80. The summed E-state index contributed by atoms with van der Waals surface area (Å²) in [6, 6.07) is 0. The van der Waals surface area contributed by atoms with Crippen LogP contribution in [0.4, 0.5) is 0 Å². The third-order valence-corrected chi connectivity index (χ3v) is 14.8. The molecule has 0 aromatic carbocycles. The third kappa shape index (κ3) is 62.1. The van der Waals surface area contributed by atoms with E-state index in [4.69, 9.17) is 14.2 Å². The zero-order valence-electron chi connectivity index (χ0n) is 50.3. The maximum absolute atomic E-state index is 12.8. The van der Waals surface area contributed by atoms with Gasteiger partial charge in [-0.2, -0.15) is 0 Å². The van der Waals surface area contributed by atoms with E-state index in [9.17, 15) is 14.4 Å². The molecule has 0 saturated carbocycles. The van der Waals surface area contributed by atoms with Crippen LogP contribution in [-0.4, -0.2) is 37.2 Å². The van der Waals surface area contributed by atoms with E-state index in [1.807, 2.05) is 0 Å². The first kappa shape index (κ1) is 72.4. The molecule has 0 aliphatic heterocycles. The zero-order valence-corrected chi connectivity index (χ0v) is 50.3. The van der Waals surface area contributed by atoms with Crippen LogP contribution in [0.3, 0.4) is 0 Å². The van der Waals surface area contributed by atoms with Gasteiger partial charge in [0.15, 0.2) is 6.10 Å². The quantitative estimate of drug-likeness (QED) is 0.0261. The van der Waals surface area contributed by atoms with E-state index >= 15 is 0 Å². The van der Waals surface area contributed by atoms with Gasteiger partial charge in [0, 0.05) is 19.3 Å². The van der Waals surface area contributed by atoms with Gasteiger partial charge in [-0.3, -0.25) is 14.4 Å². The molecule has 0 N–H and O–H groups in total. The minimum Gasteiger partial charge on any atom is -0.462 e. The number of allylic oxidation sites excluding steroid dienone is 8. The van der Waals surface area contributed by atoms with Gasteiger partial charge in [0.05, 0.1) is 0 Å². The summed E-state index contributed by atoms with van der Waals surface area (Å²) in [5, 5.41) is 0. The van der Waals surface area contributed by atoms with Crippen molar-refractivity contribution in [2.75, 3.05) is 13.2 Å². The topological polar surface area (TPSA) is 78.9 Å². The summed E-state index contributed by atoms with van der Waals surface area (Å²) in [4.78, 5) is 38.0. The second kappa shape index (κ2) is 63.9. The molecule has 0 spiro atoms. The Bertz CT molecular complexity index is 1300. The summed E-state index contributed by atoms with van der Waals surface area (Å²) in [7, 11) is 0. The summed E-state index contributed by atoms with van der Waals surface area (Å²) in [6.45, 7) is 6.59. The van der Waals surface area contributed by atoms with E-state index in [1.165, 1.54) is 238 Å². The van der Waals surface area contributed by atoms with Crippen molar-refractivity contribution in [1.29, 1.82) is 0 Å². The fourth-order valence-electron chi connectivity index (χ4n) is 9.80. The van der Waals surface area contributed by atoms with E-state index in [2.05, 4.69) is 69.4 Å². The molecule has 0 radical (unpaired) electrons. The van der Waals surface area contributed by atoms with Crippen LogP contribution in [0.25, 0.3) is 0 Å². The van der Waals surface area contributed by atoms with Crippen molar-refractivity contribution in [3.8, 4) is 0 Å². The van der Waals surface area contributed by atoms with Gasteiger partial charge >= 0.3 is 17.9 Å². The van der Waals surface area contributed by atoms with Crippen LogP contribution in [0.2, 0.25) is 0 Å². The predicted molar refractivity (Wildman–Crippen MR) is 325 cm³/mol. The SMILES string of the molecule is CCCCCCC/C=C\C/C=C\C/C=C\CCCCCCCCCCCCCCC(=O)OCC(COC(=O)CCCCCCC)OC(=O)CCCCCCCCCCCCCCC/C=C\CCCCCCCCCC. The largest absolute Gasteiger partial charge is 0.462 e. The molecule has 0 saturated heterocycles. The monoisotopic (exact) mass is 1050 g/mol. The van der Waals surface area contributed by atoms with Crippen LogP contribution in [0.15, 0.2) is 48.6 Å². The Hall–Kier alpha value is -2.63. The lowest BCUT2D eigenvalue weighted by Gasteiger charge is -2.18. The Balaban J connectivity index is 4.00. The molecule has 0 aliphatic carbocycles. The molecule has 6 nitrogen and oxygen atoms in total. The molecule has 1 unspecified atom stereocenters. The van der Waals surface area contributed by atoms with Gasteiger partial charge in [-0.1, -0.05) is 301 Å². The second-order valence-electron chi connectivity index (χ2n) is 22.4. The van der Waals surface area contributed by atoms with E-state index < -0.39 is 6.10 Å². The summed E-state index contributed by atoms with van der Waals surface area (Å²) >= 11 is 0. The van der Waals surface area contributed by atoms with Crippen LogP contribution in [0, 0.1) is 0 Å². The summed E-state index contributed by atoms with van der Waals surface area (Å²) in [5.74, 6) is -0.869. The summed E-state index contributed by atoms with van der Waals surface area (Å²) in [5.41, 5.74) is 0. The molecule has 0 aromatic heterocycles. The average Bonchev–Trinajstić information content (AvgIpc) is 3.41. The number of hydrogen-bond donors (Lipinski definition) is 0. The van der Waals surface area contributed by atoms with Crippen LogP contribution in [-0.2, 0) is 28.6 Å². The highest BCUT2D eigenvalue weighted by atomic mass is 16.6. The van der Waals surface area contributed by atoms with E-state index in [1.54, 1.807) is 0 Å². The van der Waals surface area contributed by atoms with Crippen molar-refractivity contribution in [2.45, 2.75) is 361 Å². The zero-order chi connectivity index (χ0) is 54.3. The van der Waals surface area contributed by atoms with E-state index in [0.717, 1.165) is 77.0 Å². The first-order valence-corrected chi connectivity index (χ1v) is 33.1. The van der Waals surface area contributed by atoms with Gasteiger partial charge in [-0.05, 0) is 83.5 Å². The predicted octanol–water partition coefficient (Wildman–Crippen LogP) is 22.6. The molecule has 0 bridgehead atoms. The number of ether oxygens (including phenoxy) is 3. The van der Waals surface area contributed by atoms with Gasteiger partial charge in [-0.25, -0.2) is 0 Å². The number of rotatable bonds is 61. The molecule has 0 fully saturated rings. The number of esters is 3. The molecular formula is C69H126O6. The standard InChI is InChI=1S/C69H126O6/c1-4-7-10-13-15-17-19-21-23-25-27-29-31-33-34-36-37-39-41-43-45-47-49-51-53-56-59-62-68(71)74-65-66(64-73-67(70)61-58-55-12-9-6-3)75-69(72)63-60-57-54-52-50-48-46-44-42-40-38-35-32-30-28-26-24-22-20-18-16-14-11-8-5-2/h19,21,25-28,31,33,66H,4-18,20,22-24,29-30,32,34-65H2,1-3H3/b21-19-,27-25-,28-26-,33-31-. The maximum atomic E-state index is 12.8. The lowest BCUT2D eigenvalue weighted by Crippen LogP contribution is -2.30. The van der Waals surface area contributed by atoms with Crippen LogP contribution < -0.4 is 0 Å². The molecule has 0 amide bonds. The second-order valence-corrected chi connectivity index (χ2v) is 22.4. The minimum absolute atomic E-state index is 0.0713. The third-order valence-electron chi connectivity index (χ3n) is 14.8. The van der Waals surface area contributed by atoms with Gasteiger partial charge in [-0.15, -0.1) is 0 Å². The Morgan fingerprint density at radius 3 is 0.760 bits per heavy atom. The molecule has 0 heterocycles. The first-order chi connectivity index (χ1) is 37.0. The van der Waals surface area contributed by atoms with Gasteiger partial charge in [0.1, 0.15) is 13.2 Å². The molecule has 75 heavy (non-hydrogen) atoms. The van der Waals surface area contributed by atoms with Gasteiger partial charge < -0.3 is 14.2 Å². The molecular weight excluding hydrogens is 925 g/mol. The minimum atomic E-state index is -0.769. The normalized spacial score (nSPS) is 12.3. The van der Waals surface area contributed by atoms with E-state index in [-0.39, 0.29) is 31.1 Å². The Morgan fingerprint density at radius 2 is 0.480 bits per heavy atom. The molecule has 0 aliphatic rings. The van der Waals surface area contributed by atoms with Gasteiger partial charge in [0.2, 0.25) is 0 Å². The van der Waals surface area contributed by atoms with Crippen molar-refractivity contribution >= 4 is 17.9 Å². The lowest BCUT2D eigenvalue weighted by molar-refractivity contribution is -0.167. The lowest BCUT2D eigenvalue weighted by atomic mass is 10.0. The molecule has 0 rings (SSSR count). The highest BCUT2D eigenvalue weighted by molar-refractivity contribution is 5.71. The van der Waals surface area contributed by atoms with Crippen molar-refractivity contribution in [2.24, 2.45) is 0 Å². The van der Waals surface area contributed by atoms with Crippen molar-refractivity contribution in [3.63, 3.8) is 0 Å². The Morgan fingerprint density at radius 1 is 0.267 bits per heavy atom. The van der Waals surface area contributed by atoms with Crippen molar-refractivity contribution in [3.05, 3.63) is 48.6 Å². The number of carbonyl (C=O) groups is 3. The van der Waals surface area contributed by atoms with Crippen LogP contribution in [0.1, 0.15) is 355 Å². The van der Waals surface area contributed by atoms with E-state index in [0.29, 0.717) is 19.3 Å². The van der Waals surface area contributed by atoms with Crippen molar-refractivity contribution < 1.29 is 28.6 Å². The van der Waals surface area contributed by atoms with Gasteiger partial charge in [0.25, 0.3) is 0 Å². The molecule has 1 atom stereocenters. The first-order valence-electron chi connectivity index (χ1n) is 33.1. The van der Waals surface area contributed by atoms with Crippen LogP contribution >= 0.6 is 0 Å². The number of carbonyl (C=O) groups excluding carboxylic acids is 3. The highest BCUT2D eigenvalue weighted by Gasteiger charge is 2.19.